The summed E-state index contributed by atoms with van der Waals surface area (Å²) in [5, 5.41) is 14.3. The highest BCUT2D eigenvalue weighted by atomic mass is 16.5. The van der Waals surface area contributed by atoms with Crippen LogP contribution in [0.5, 0.6) is 0 Å². The number of Topliss-reactive ketones (excluding diaryl/α,β-unsaturated/α-hetero) is 2. The highest BCUT2D eigenvalue weighted by molar-refractivity contribution is 5.90. The molecule has 1 aromatic carbocycles. The van der Waals surface area contributed by atoms with Gasteiger partial charge in [-0.1, -0.05) is 92.1 Å². The van der Waals surface area contributed by atoms with Crippen molar-refractivity contribution in [2.75, 3.05) is 54.0 Å². The van der Waals surface area contributed by atoms with Crippen molar-refractivity contribution in [3.8, 4) is 0 Å². The number of aliphatic hydroxyl groups is 1. The lowest BCUT2D eigenvalue weighted by Crippen LogP contribution is -2.55. The van der Waals surface area contributed by atoms with E-state index in [4.69, 9.17) is 9.47 Å². The Kier molecular flexibility index (Phi) is 18.9. The number of methoxy groups -OCH3 is 2. The molecular formula is C44H74N4O7. The number of carbonyl (C=O) groups is 4. The van der Waals surface area contributed by atoms with Crippen LogP contribution in [0.25, 0.3) is 0 Å². The molecule has 2 saturated heterocycles. The Morgan fingerprint density at radius 3 is 2.04 bits per heavy atom. The Morgan fingerprint density at radius 1 is 0.855 bits per heavy atom. The lowest BCUT2D eigenvalue weighted by Gasteiger charge is -2.41. The molecule has 11 heteroatoms. The molecule has 0 radical (unpaired) electrons. The van der Waals surface area contributed by atoms with Gasteiger partial charge in [0.2, 0.25) is 11.8 Å². The maximum Gasteiger partial charge on any atom is 0.226 e. The van der Waals surface area contributed by atoms with E-state index in [0.29, 0.717) is 13.0 Å². The number of hydrogen-bond acceptors (Lipinski definition) is 9. The van der Waals surface area contributed by atoms with E-state index in [1.807, 2.05) is 62.9 Å². The van der Waals surface area contributed by atoms with E-state index in [-0.39, 0.29) is 78.4 Å². The van der Waals surface area contributed by atoms with Crippen LogP contribution in [0.3, 0.4) is 0 Å². The summed E-state index contributed by atoms with van der Waals surface area (Å²) in [6.45, 7) is 19.9. The quantitative estimate of drug-likeness (QED) is 0.159. The summed E-state index contributed by atoms with van der Waals surface area (Å²) < 4.78 is 12.1. The summed E-state index contributed by atoms with van der Waals surface area (Å²) in [7, 11) is 4.99. The second-order valence-corrected chi connectivity index (χ2v) is 17.1. The fraction of sp³-hybridized carbons (Fsp3) is 0.773. The van der Waals surface area contributed by atoms with Crippen molar-refractivity contribution in [3.63, 3.8) is 0 Å². The molecule has 0 spiro atoms. The topological polar surface area (TPSA) is 129 Å². The lowest BCUT2D eigenvalue weighted by molar-refractivity contribution is -0.149. The summed E-state index contributed by atoms with van der Waals surface area (Å²) >= 11 is 0. The number of rotatable bonds is 22. The number of nitrogens with one attached hydrogen (secondary N) is 1. The average Bonchev–Trinajstić information content (AvgIpc) is 3.66. The van der Waals surface area contributed by atoms with Crippen LogP contribution in [-0.2, 0) is 28.7 Å². The maximum atomic E-state index is 14.5. The number of aliphatic hydroxyl groups excluding tert-OH is 1. The fourth-order valence-electron chi connectivity index (χ4n) is 9.10. The van der Waals surface area contributed by atoms with Gasteiger partial charge in [0, 0.05) is 78.7 Å². The molecule has 10 atom stereocenters. The second-order valence-electron chi connectivity index (χ2n) is 17.1. The first-order chi connectivity index (χ1) is 26.1. The van der Waals surface area contributed by atoms with Crippen LogP contribution in [0.4, 0.5) is 0 Å². The average molecular weight is 771 g/mol. The van der Waals surface area contributed by atoms with Crippen molar-refractivity contribution in [3.05, 3.63) is 35.9 Å². The third kappa shape index (κ3) is 12.2. The molecule has 11 nitrogen and oxygen atoms in total. The van der Waals surface area contributed by atoms with Crippen LogP contribution >= 0.6 is 0 Å². The Balaban J connectivity index is 1.76. The third-order valence-electron chi connectivity index (χ3n) is 12.6. The number of piperazine rings is 1. The minimum Gasteiger partial charge on any atom is -0.388 e. The van der Waals surface area contributed by atoms with Gasteiger partial charge in [-0.2, -0.15) is 0 Å². The maximum absolute atomic E-state index is 14.5. The molecule has 312 valence electrons. The monoisotopic (exact) mass is 771 g/mol. The third-order valence-corrected chi connectivity index (χ3v) is 12.6. The van der Waals surface area contributed by atoms with Gasteiger partial charge < -0.3 is 29.7 Å². The number of amides is 2. The number of nitrogens with zero attached hydrogens (tertiary/aromatic N) is 3. The molecule has 2 fully saturated rings. The van der Waals surface area contributed by atoms with Gasteiger partial charge in [0.25, 0.3) is 0 Å². The predicted octanol–water partition coefficient (Wildman–Crippen LogP) is 5.40. The van der Waals surface area contributed by atoms with E-state index < -0.39 is 36.2 Å². The molecule has 1 aromatic rings. The smallest absolute Gasteiger partial charge is 0.226 e. The Labute approximate surface area is 332 Å². The number of hydrogen-bond donors (Lipinski definition) is 2. The van der Waals surface area contributed by atoms with Gasteiger partial charge in [-0.05, 0) is 42.1 Å². The minimum absolute atomic E-state index is 0.00814. The molecule has 1 unspecified atom stereocenters. The molecule has 2 N–H and O–H groups in total. The van der Waals surface area contributed by atoms with Crippen molar-refractivity contribution in [2.24, 2.45) is 35.5 Å². The number of likely N-dealkylation sites (N-methyl/N-ethyl adjacent to an activating group) is 1. The summed E-state index contributed by atoms with van der Waals surface area (Å²) in [6, 6.07) is 8.46. The molecule has 0 saturated carbocycles. The molecular weight excluding hydrogens is 697 g/mol. The van der Waals surface area contributed by atoms with Crippen molar-refractivity contribution in [1.82, 2.24) is 20.0 Å². The van der Waals surface area contributed by atoms with Crippen LogP contribution in [0, 0.1) is 35.5 Å². The first-order valence-corrected chi connectivity index (χ1v) is 20.9. The molecule has 3 rings (SSSR count). The first kappa shape index (κ1) is 46.7. The van der Waals surface area contributed by atoms with Crippen molar-refractivity contribution >= 4 is 23.4 Å². The van der Waals surface area contributed by atoms with E-state index in [2.05, 4.69) is 37.9 Å². The van der Waals surface area contributed by atoms with Crippen molar-refractivity contribution in [2.45, 2.75) is 130 Å². The number of benzene rings is 1. The Morgan fingerprint density at radius 2 is 1.49 bits per heavy atom. The molecule has 2 heterocycles. The van der Waals surface area contributed by atoms with Gasteiger partial charge in [-0.25, -0.2) is 0 Å². The fourth-order valence-corrected chi connectivity index (χ4v) is 9.10. The zero-order chi connectivity index (χ0) is 41.0. The van der Waals surface area contributed by atoms with Gasteiger partial charge in [-0.3, -0.25) is 24.1 Å². The molecule has 2 aliphatic rings. The SMILES string of the molecule is CC[C@H](C)[C@@H](C(CC(=O)N1CCC[C@H]1[C@H](OC)[C@@H](C)C(=O)C[C@H](C)[C@@H](O)c1ccccc1)OC)N(C)C(=O)[C@@H](CC(=O)[C@H](C(C)C)N1CCNCC1)C(C)C. The number of ketones is 2. The van der Waals surface area contributed by atoms with Gasteiger partial charge >= 0.3 is 0 Å². The Bertz CT molecular complexity index is 1350. The summed E-state index contributed by atoms with van der Waals surface area (Å²) in [6.07, 6.45) is 0.871. The second kappa shape index (κ2) is 22.3. The number of carbonyl (C=O) groups excluding carboxylic acids is 4. The van der Waals surface area contributed by atoms with Crippen LogP contribution < -0.4 is 5.32 Å². The molecule has 55 heavy (non-hydrogen) atoms. The largest absolute Gasteiger partial charge is 0.388 e. The first-order valence-electron chi connectivity index (χ1n) is 20.9. The van der Waals surface area contributed by atoms with E-state index >= 15 is 0 Å². The van der Waals surface area contributed by atoms with E-state index in [1.165, 1.54) is 0 Å². The van der Waals surface area contributed by atoms with Crippen LogP contribution in [0.2, 0.25) is 0 Å². The molecule has 0 bridgehead atoms. The summed E-state index contributed by atoms with van der Waals surface area (Å²) in [5.74, 6) is -1.26. The van der Waals surface area contributed by atoms with Crippen molar-refractivity contribution < 1.29 is 33.8 Å². The summed E-state index contributed by atoms with van der Waals surface area (Å²) in [4.78, 5) is 62.2. The summed E-state index contributed by atoms with van der Waals surface area (Å²) in [5.41, 5.74) is 0.779. The highest BCUT2D eigenvalue weighted by Gasteiger charge is 2.43. The number of likely N-dealkylation sites (tertiary alicyclic amines) is 1. The highest BCUT2D eigenvalue weighted by Crippen LogP contribution is 2.33. The number of ether oxygens (including phenoxy) is 2. The molecule has 0 aliphatic carbocycles. The zero-order valence-electron chi connectivity index (χ0n) is 35.8. The molecule has 2 amide bonds. The van der Waals surface area contributed by atoms with E-state index in [1.54, 1.807) is 26.2 Å². The van der Waals surface area contributed by atoms with Crippen LogP contribution in [0.15, 0.2) is 30.3 Å². The van der Waals surface area contributed by atoms with E-state index in [9.17, 15) is 24.3 Å². The van der Waals surface area contributed by atoms with Crippen molar-refractivity contribution in [1.29, 1.82) is 0 Å². The van der Waals surface area contributed by atoms with E-state index in [0.717, 1.165) is 44.6 Å². The minimum atomic E-state index is -0.761. The van der Waals surface area contributed by atoms with Gasteiger partial charge in [-0.15, -0.1) is 0 Å². The zero-order valence-corrected chi connectivity index (χ0v) is 35.8. The normalized spacial score (nSPS) is 21.7. The lowest BCUT2D eigenvalue weighted by atomic mass is 9.83. The van der Waals surface area contributed by atoms with Gasteiger partial charge in [0.1, 0.15) is 5.78 Å². The molecule has 2 aliphatic heterocycles. The standard InChI is InChI=1S/C44H74N4O7/c1-12-30(6)41(46(9)44(53)34(28(2)3)26-37(50)40(29(4)5)47-23-20-45-21-24-47)38(54-10)27-39(51)48-22-16-19-35(48)43(55-11)32(8)36(49)25-31(7)42(52)33-17-14-13-15-18-33/h13-15,17-18,28-32,34-35,38,40-43,45,52H,12,16,19-27H2,1-11H3/t30-,31-,32-,34-,35-,38?,40-,41-,42+,43+/m0/s1. The predicted molar refractivity (Wildman–Crippen MR) is 217 cm³/mol. The van der Waals surface area contributed by atoms with Crippen LogP contribution in [-0.4, -0.2) is 128 Å². The molecule has 0 aromatic heterocycles. The van der Waals surface area contributed by atoms with Gasteiger partial charge in [0.05, 0.1) is 42.9 Å². The van der Waals surface area contributed by atoms with Gasteiger partial charge in [0.15, 0.2) is 5.78 Å². The Hall–Kier alpha value is -2.70. The van der Waals surface area contributed by atoms with Crippen LogP contribution in [0.1, 0.15) is 106 Å².